The molecule has 0 unspecified atom stereocenters. The molecule has 8 heteroatoms. The second-order valence-electron chi connectivity index (χ2n) is 5.89. The van der Waals surface area contributed by atoms with Gasteiger partial charge in [0, 0.05) is 12.8 Å². The highest BCUT2D eigenvalue weighted by Gasteiger charge is 2.19. The number of hydrogen-bond donors (Lipinski definition) is 1. The molecule has 2 heterocycles. The molecular formula is C18H18FN3O3S. The van der Waals surface area contributed by atoms with Gasteiger partial charge in [0.1, 0.15) is 10.6 Å². The van der Waals surface area contributed by atoms with Crippen LogP contribution in [-0.4, -0.2) is 29.2 Å². The van der Waals surface area contributed by atoms with E-state index in [1.165, 1.54) is 17.0 Å². The first-order chi connectivity index (χ1) is 12.4. The highest BCUT2D eigenvalue weighted by molar-refractivity contribution is 7.20. The number of hydrogen-bond acceptors (Lipinski definition) is 5. The van der Waals surface area contributed by atoms with Crippen LogP contribution in [0.4, 0.5) is 10.1 Å². The van der Waals surface area contributed by atoms with Crippen molar-refractivity contribution < 1.29 is 13.9 Å². The molecule has 6 nitrogen and oxygen atoms in total. The number of amides is 1. The lowest BCUT2D eigenvalue weighted by atomic mass is 10.2. The molecule has 26 heavy (non-hydrogen) atoms. The van der Waals surface area contributed by atoms with E-state index in [4.69, 9.17) is 4.74 Å². The van der Waals surface area contributed by atoms with Gasteiger partial charge >= 0.3 is 0 Å². The van der Waals surface area contributed by atoms with Gasteiger partial charge in [-0.2, -0.15) is 0 Å². The Labute approximate surface area is 153 Å². The van der Waals surface area contributed by atoms with Crippen LogP contribution >= 0.6 is 11.3 Å². The van der Waals surface area contributed by atoms with Crippen LogP contribution in [0.2, 0.25) is 0 Å². The minimum absolute atomic E-state index is 0.207. The highest BCUT2D eigenvalue weighted by atomic mass is 32.1. The first kappa shape index (κ1) is 18.2. The maximum absolute atomic E-state index is 13.7. The van der Waals surface area contributed by atoms with Gasteiger partial charge in [-0.25, -0.2) is 9.37 Å². The number of nitrogens with zero attached hydrogens (tertiary/aromatic N) is 2. The number of carbonyl (C=O) groups is 1. The molecule has 0 atom stereocenters. The van der Waals surface area contributed by atoms with Crippen LogP contribution < -0.4 is 10.9 Å². The zero-order valence-corrected chi connectivity index (χ0v) is 15.4. The number of nitrogens with one attached hydrogen (secondary N) is 1. The molecule has 0 spiro atoms. The van der Waals surface area contributed by atoms with Gasteiger partial charge in [-0.3, -0.25) is 14.2 Å². The Morgan fingerprint density at radius 3 is 2.85 bits per heavy atom. The van der Waals surface area contributed by atoms with Gasteiger partial charge in [-0.1, -0.05) is 6.07 Å². The predicted molar refractivity (Wildman–Crippen MR) is 99.6 cm³/mol. The fourth-order valence-electron chi connectivity index (χ4n) is 2.58. The van der Waals surface area contributed by atoms with E-state index >= 15 is 0 Å². The molecule has 2 aromatic heterocycles. The maximum atomic E-state index is 13.7. The van der Waals surface area contributed by atoms with Crippen LogP contribution in [-0.2, 0) is 11.3 Å². The fraction of sp³-hybridized carbons (Fsp3) is 0.278. The summed E-state index contributed by atoms with van der Waals surface area (Å²) in [5, 5.41) is 3.10. The normalized spacial score (nSPS) is 11.1. The molecule has 1 amide bonds. The van der Waals surface area contributed by atoms with Gasteiger partial charge in [0.2, 0.25) is 0 Å². The summed E-state index contributed by atoms with van der Waals surface area (Å²) in [4.78, 5) is 30.4. The number of carbonyl (C=O) groups excluding carboxylic acids is 1. The second kappa shape index (κ2) is 7.35. The summed E-state index contributed by atoms with van der Waals surface area (Å²) in [5.74, 6) is -0.782. The van der Waals surface area contributed by atoms with E-state index < -0.39 is 11.7 Å². The number of aromatic nitrogens is 2. The van der Waals surface area contributed by atoms with E-state index in [9.17, 15) is 14.0 Å². The quantitative estimate of drug-likeness (QED) is 0.744. The first-order valence-corrected chi connectivity index (χ1v) is 8.79. The minimum atomic E-state index is -0.392. The number of benzene rings is 1. The van der Waals surface area contributed by atoms with Gasteiger partial charge < -0.3 is 10.1 Å². The van der Waals surface area contributed by atoms with Crippen LogP contribution in [0.15, 0.2) is 29.3 Å². The summed E-state index contributed by atoms with van der Waals surface area (Å²) in [6.45, 7) is 4.14. The molecule has 0 radical (unpaired) electrons. The summed E-state index contributed by atoms with van der Waals surface area (Å²) in [7, 11) is 1.56. The molecule has 0 aliphatic heterocycles. The van der Waals surface area contributed by atoms with Crippen molar-refractivity contribution in [2.24, 2.45) is 0 Å². The molecule has 136 valence electrons. The van der Waals surface area contributed by atoms with Crippen molar-refractivity contribution in [3.8, 4) is 0 Å². The molecule has 0 saturated heterocycles. The second-order valence-corrected chi connectivity index (χ2v) is 6.89. The van der Waals surface area contributed by atoms with Crippen molar-refractivity contribution >= 4 is 33.1 Å². The lowest BCUT2D eigenvalue weighted by Gasteiger charge is -2.06. The number of halogens is 1. The number of thiophene rings is 1. The summed E-state index contributed by atoms with van der Waals surface area (Å²) in [6, 6.07) is 4.50. The van der Waals surface area contributed by atoms with Crippen molar-refractivity contribution in [1.29, 1.82) is 0 Å². The number of rotatable bonds is 5. The predicted octanol–water partition coefficient (Wildman–Crippen LogP) is 3.11. The lowest BCUT2D eigenvalue weighted by Crippen LogP contribution is -2.22. The van der Waals surface area contributed by atoms with Gasteiger partial charge in [0.25, 0.3) is 11.5 Å². The average molecular weight is 375 g/mol. The van der Waals surface area contributed by atoms with Crippen molar-refractivity contribution in [1.82, 2.24) is 9.55 Å². The van der Waals surface area contributed by atoms with Crippen molar-refractivity contribution in [2.45, 2.75) is 20.4 Å². The molecule has 3 aromatic rings. The molecule has 0 aliphatic carbocycles. The van der Waals surface area contributed by atoms with Crippen molar-refractivity contribution in [2.75, 3.05) is 19.0 Å². The fourth-order valence-corrected chi connectivity index (χ4v) is 3.62. The summed E-state index contributed by atoms with van der Waals surface area (Å²) in [5.41, 5.74) is 1.22. The van der Waals surface area contributed by atoms with Gasteiger partial charge in [-0.15, -0.1) is 11.3 Å². The third kappa shape index (κ3) is 3.38. The Bertz CT molecular complexity index is 1040. The topological polar surface area (TPSA) is 73.2 Å². The summed E-state index contributed by atoms with van der Waals surface area (Å²) < 4.78 is 20.1. The number of aryl methyl sites for hydroxylation is 2. The minimum Gasteiger partial charge on any atom is -0.383 e. The number of ether oxygens (including phenoxy) is 1. The first-order valence-electron chi connectivity index (χ1n) is 7.97. The van der Waals surface area contributed by atoms with Crippen molar-refractivity contribution in [3.63, 3.8) is 0 Å². The number of anilines is 1. The maximum Gasteiger partial charge on any atom is 0.266 e. The Kier molecular flexibility index (Phi) is 5.15. The molecule has 0 saturated carbocycles. The van der Waals surface area contributed by atoms with Crippen molar-refractivity contribution in [3.05, 3.63) is 56.7 Å². The lowest BCUT2D eigenvalue weighted by molar-refractivity contribution is 0.103. The Hall–Kier alpha value is -2.58. The smallest absolute Gasteiger partial charge is 0.266 e. The Morgan fingerprint density at radius 2 is 2.15 bits per heavy atom. The Balaban J connectivity index is 1.95. The third-order valence-electron chi connectivity index (χ3n) is 4.09. The van der Waals surface area contributed by atoms with Gasteiger partial charge in [0.05, 0.1) is 29.7 Å². The number of fused-ring (bicyclic) bond motifs is 1. The average Bonchev–Trinajstić information content (AvgIpc) is 2.95. The van der Waals surface area contributed by atoms with Crippen LogP contribution in [0.3, 0.4) is 0 Å². The summed E-state index contributed by atoms with van der Waals surface area (Å²) in [6.07, 6.45) is 1.46. The van der Waals surface area contributed by atoms with E-state index in [-0.39, 0.29) is 5.56 Å². The largest absolute Gasteiger partial charge is 0.383 e. The van der Waals surface area contributed by atoms with E-state index in [2.05, 4.69) is 10.3 Å². The van der Waals surface area contributed by atoms with Crippen LogP contribution in [0.25, 0.3) is 10.2 Å². The third-order valence-corrected chi connectivity index (χ3v) is 5.29. The molecule has 3 rings (SSSR count). The van der Waals surface area contributed by atoms with Gasteiger partial charge in [0.15, 0.2) is 0 Å². The molecule has 1 aromatic carbocycles. The summed E-state index contributed by atoms with van der Waals surface area (Å²) >= 11 is 1.14. The highest BCUT2D eigenvalue weighted by Crippen LogP contribution is 2.27. The van der Waals surface area contributed by atoms with E-state index in [0.29, 0.717) is 45.1 Å². The monoisotopic (exact) mass is 375 g/mol. The standard InChI is InChI=1S/C18H18FN3O3S/c1-10-4-5-12(8-13(10)19)21-16(23)15-11(2)14-17(26-15)20-9-22(18(14)24)6-7-25-3/h4-5,8-9H,6-7H2,1-3H3,(H,21,23). The van der Waals surface area contributed by atoms with E-state index in [0.717, 1.165) is 11.3 Å². The van der Waals surface area contributed by atoms with Crippen LogP contribution in [0, 0.1) is 19.7 Å². The molecule has 0 fully saturated rings. The molecular weight excluding hydrogens is 357 g/mol. The van der Waals surface area contributed by atoms with Crippen LogP contribution in [0.1, 0.15) is 20.8 Å². The van der Waals surface area contributed by atoms with Gasteiger partial charge in [-0.05, 0) is 37.1 Å². The van der Waals surface area contributed by atoms with E-state index in [1.807, 2.05) is 0 Å². The molecule has 1 N–H and O–H groups in total. The zero-order valence-electron chi connectivity index (χ0n) is 14.6. The number of methoxy groups -OCH3 is 1. The zero-order chi connectivity index (χ0) is 18.8. The Morgan fingerprint density at radius 1 is 1.38 bits per heavy atom. The van der Waals surface area contributed by atoms with Crippen LogP contribution in [0.5, 0.6) is 0 Å². The molecule has 0 bridgehead atoms. The SMILES string of the molecule is COCCn1cnc2sc(C(=O)Nc3ccc(C)c(F)c3)c(C)c2c1=O. The molecule has 0 aliphatic rings. The van der Waals surface area contributed by atoms with E-state index in [1.54, 1.807) is 33.1 Å².